The second-order valence-electron chi connectivity index (χ2n) is 8.03. The van der Waals surface area contributed by atoms with Gasteiger partial charge in [0.1, 0.15) is 0 Å². The van der Waals surface area contributed by atoms with Crippen LogP contribution in [0.25, 0.3) is 0 Å². The van der Waals surface area contributed by atoms with E-state index in [4.69, 9.17) is 0 Å². The van der Waals surface area contributed by atoms with Crippen LogP contribution in [0.15, 0.2) is 84.9 Å². The molecule has 31 heavy (non-hydrogen) atoms. The van der Waals surface area contributed by atoms with Crippen LogP contribution >= 0.6 is 0 Å². The van der Waals surface area contributed by atoms with E-state index < -0.39 is 0 Å². The number of nitrogens with zero attached hydrogens (tertiary/aromatic N) is 2. The Bertz CT molecular complexity index is 909. The molecule has 0 unspecified atom stereocenters. The van der Waals surface area contributed by atoms with Gasteiger partial charge in [-0.15, -0.1) is 0 Å². The van der Waals surface area contributed by atoms with E-state index in [-0.39, 0.29) is 11.9 Å². The minimum Gasteiger partial charge on any atom is -0.336 e. The molecule has 0 aromatic heterocycles. The molecule has 3 aromatic rings. The van der Waals surface area contributed by atoms with Crippen molar-refractivity contribution < 1.29 is 4.79 Å². The molecule has 4 rings (SSSR count). The molecule has 0 aliphatic carbocycles. The average molecular weight is 414 g/mol. The highest BCUT2D eigenvalue weighted by atomic mass is 16.2. The first-order valence-electron chi connectivity index (χ1n) is 11.2. The Labute approximate surface area is 185 Å². The SMILES string of the molecule is CCNCc1ccc(C(=O)N2CCN(C(c3ccccc3)c3ccccc3)CC2)cc1. The van der Waals surface area contributed by atoms with Gasteiger partial charge >= 0.3 is 0 Å². The normalized spacial score (nSPS) is 14.7. The Morgan fingerprint density at radius 2 is 1.35 bits per heavy atom. The lowest BCUT2D eigenvalue weighted by Crippen LogP contribution is -2.49. The highest BCUT2D eigenvalue weighted by Crippen LogP contribution is 2.29. The number of carbonyl (C=O) groups excluding carboxylic acids is 1. The lowest BCUT2D eigenvalue weighted by atomic mass is 9.96. The van der Waals surface area contributed by atoms with Crippen molar-refractivity contribution in [2.45, 2.75) is 19.5 Å². The van der Waals surface area contributed by atoms with Crippen molar-refractivity contribution in [1.29, 1.82) is 0 Å². The van der Waals surface area contributed by atoms with Crippen LogP contribution in [0.3, 0.4) is 0 Å². The largest absolute Gasteiger partial charge is 0.336 e. The maximum absolute atomic E-state index is 13.0. The topological polar surface area (TPSA) is 35.6 Å². The maximum atomic E-state index is 13.0. The minimum absolute atomic E-state index is 0.130. The first kappa shape index (κ1) is 21.3. The summed E-state index contributed by atoms with van der Waals surface area (Å²) in [5.41, 5.74) is 4.57. The third-order valence-electron chi connectivity index (χ3n) is 5.98. The van der Waals surface area contributed by atoms with Gasteiger partial charge in [-0.2, -0.15) is 0 Å². The quantitative estimate of drug-likeness (QED) is 0.626. The predicted octanol–water partition coefficient (Wildman–Crippen LogP) is 4.34. The highest BCUT2D eigenvalue weighted by Gasteiger charge is 2.28. The Balaban J connectivity index is 1.43. The Morgan fingerprint density at radius 3 is 1.87 bits per heavy atom. The number of rotatable bonds is 7. The Hall–Kier alpha value is -2.95. The summed E-state index contributed by atoms with van der Waals surface area (Å²) in [4.78, 5) is 17.5. The van der Waals surface area contributed by atoms with E-state index in [9.17, 15) is 4.79 Å². The van der Waals surface area contributed by atoms with Gasteiger partial charge in [0.2, 0.25) is 0 Å². The van der Waals surface area contributed by atoms with Gasteiger partial charge in [0, 0.05) is 38.3 Å². The van der Waals surface area contributed by atoms with E-state index in [1.54, 1.807) is 0 Å². The fraction of sp³-hybridized carbons (Fsp3) is 0.296. The summed E-state index contributed by atoms with van der Waals surface area (Å²) in [5, 5.41) is 3.32. The number of hydrogen-bond donors (Lipinski definition) is 1. The van der Waals surface area contributed by atoms with Crippen LogP contribution in [0.1, 0.15) is 40.0 Å². The molecule has 4 nitrogen and oxygen atoms in total. The highest BCUT2D eigenvalue weighted by molar-refractivity contribution is 5.94. The summed E-state index contributed by atoms with van der Waals surface area (Å²) in [6.45, 7) is 7.08. The van der Waals surface area contributed by atoms with Crippen LogP contribution in [-0.4, -0.2) is 48.4 Å². The van der Waals surface area contributed by atoms with Crippen molar-refractivity contribution in [2.75, 3.05) is 32.7 Å². The van der Waals surface area contributed by atoms with Gasteiger partial charge in [-0.1, -0.05) is 79.7 Å². The molecule has 1 amide bonds. The smallest absolute Gasteiger partial charge is 0.253 e. The minimum atomic E-state index is 0.130. The molecule has 0 bridgehead atoms. The van der Waals surface area contributed by atoms with Crippen molar-refractivity contribution >= 4 is 5.91 Å². The Kier molecular flexibility index (Phi) is 7.13. The average Bonchev–Trinajstić information content (AvgIpc) is 2.85. The zero-order valence-corrected chi connectivity index (χ0v) is 18.2. The molecule has 0 radical (unpaired) electrons. The van der Waals surface area contributed by atoms with E-state index in [2.05, 4.69) is 77.8 Å². The van der Waals surface area contributed by atoms with E-state index in [1.165, 1.54) is 16.7 Å². The summed E-state index contributed by atoms with van der Waals surface area (Å²) in [7, 11) is 0. The molecule has 3 aromatic carbocycles. The van der Waals surface area contributed by atoms with Gasteiger partial charge in [-0.25, -0.2) is 0 Å². The first-order chi connectivity index (χ1) is 15.3. The van der Waals surface area contributed by atoms with Crippen molar-refractivity contribution in [3.05, 3.63) is 107 Å². The van der Waals surface area contributed by atoms with Gasteiger partial charge in [-0.3, -0.25) is 9.69 Å². The lowest BCUT2D eigenvalue weighted by Gasteiger charge is -2.39. The first-order valence-corrected chi connectivity index (χ1v) is 11.2. The summed E-state index contributed by atoms with van der Waals surface area (Å²) in [6.07, 6.45) is 0. The standard InChI is InChI=1S/C27H31N3O/c1-2-28-21-22-13-15-25(16-14-22)27(31)30-19-17-29(18-20-30)26(23-9-5-3-6-10-23)24-11-7-4-8-12-24/h3-16,26,28H,2,17-21H2,1H3. The van der Waals surface area contributed by atoms with Crippen LogP contribution in [-0.2, 0) is 6.54 Å². The van der Waals surface area contributed by atoms with Crippen molar-refractivity contribution in [1.82, 2.24) is 15.1 Å². The zero-order valence-electron chi connectivity index (χ0n) is 18.2. The van der Waals surface area contributed by atoms with Crippen molar-refractivity contribution in [3.63, 3.8) is 0 Å². The van der Waals surface area contributed by atoms with E-state index in [0.29, 0.717) is 0 Å². The van der Waals surface area contributed by atoms with Crippen LogP contribution in [0, 0.1) is 0 Å². The fourth-order valence-electron chi connectivity index (χ4n) is 4.29. The number of hydrogen-bond acceptors (Lipinski definition) is 3. The second kappa shape index (κ2) is 10.4. The molecule has 1 saturated heterocycles. The van der Waals surface area contributed by atoms with Gasteiger partial charge in [0.15, 0.2) is 0 Å². The molecule has 0 spiro atoms. The van der Waals surface area contributed by atoms with Crippen LogP contribution in [0.5, 0.6) is 0 Å². The molecule has 0 atom stereocenters. The molecule has 1 aliphatic rings. The molecule has 1 heterocycles. The molecular weight excluding hydrogens is 382 g/mol. The van der Waals surface area contributed by atoms with Gasteiger partial charge in [-0.05, 0) is 35.4 Å². The van der Waals surface area contributed by atoms with Gasteiger partial charge in [0.05, 0.1) is 6.04 Å². The van der Waals surface area contributed by atoms with Crippen LogP contribution < -0.4 is 5.32 Å². The lowest BCUT2D eigenvalue weighted by molar-refractivity contribution is 0.0597. The molecule has 160 valence electrons. The molecule has 1 aliphatic heterocycles. The number of nitrogens with one attached hydrogen (secondary N) is 1. The second-order valence-corrected chi connectivity index (χ2v) is 8.03. The van der Waals surface area contributed by atoms with E-state index in [0.717, 1.165) is 44.8 Å². The zero-order chi connectivity index (χ0) is 21.5. The summed E-state index contributed by atoms with van der Waals surface area (Å²) in [5.74, 6) is 0.130. The third-order valence-corrected chi connectivity index (χ3v) is 5.98. The molecule has 1 fully saturated rings. The van der Waals surface area contributed by atoms with E-state index in [1.807, 2.05) is 29.2 Å². The van der Waals surface area contributed by atoms with Crippen LogP contribution in [0.2, 0.25) is 0 Å². The molecular formula is C27H31N3O. The summed E-state index contributed by atoms with van der Waals surface area (Å²) >= 11 is 0. The number of piperazine rings is 1. The van der Waals surface area contributed by atoms with Crippen molar-refractivity contribution in [2.24, 2.45) is 0 Å². The molecule has 1 N–H and O–H groups in total. The third kappa shape index (κ3) is 5.22. The number of carbonyl (C=O) groups is 1. The number of amides is 1. The van der Waals surface area contributed by atoms with Crippen LogP contribution in [0.4, 0.5) is 0 Å². The number of benzene rings is 3. The van der Waals surface area contributed by atoms with Crippen molar-refractivity contribution in [3.8, 4) is 0 Å². The maximum Gasteiger partial charge on any atom is 0.253 e. The van der Waals surface area contributed by atoms with E-state index >= 15 is 0 Å². The predicted molar refractivity (Wildman–Crippen MR) is 126 cm³/mol. The molecule has 4 heteroatoms. The van der Waals surface area contributed by atoms with Gasteiger partial charge in [0.25, 0.3) is 5.91 Å². The molecule has 0 saturated carbocycles. The summed E-state index contributed by atoms with van der Waals surface area (Å²) < 4.78 is 0. The monoisotopic (exact) mass is 413 g/mol. The van der Waals surface area contributed by atoms with Gasteiger partial charge < -0.3 is 10.2 Å². The Morgan fingerprint density at radius 1 is 0.806 bits per heavy atom. The fourth-order valence-corrected chi connectivity index (χ4v) is 4.29. The summed E-state index contributed by atoms with van der Waals surface area (Å²) in [6, 6.07) is 29.5.